The first-order chi connectivity index (χ1) is 10.2. The largest absolute Gasteiger partial charge is 0.495 e. The first kappa shape index (κ1) is 14.1. The number of aromatic nitrogens is 3. The van der Waals surface area contributed by atoms with Crippen molar-refractivity contribution in [2.24, 2.45) is 0 Å². The molecule has 5 nitrogen and oxygen atoms in total. The van der Waals surface area contributed by atoms with Gasteiger partial charge >= 0.3 is 0 Å². The van der Waals surface area contributed by atoms with E-state index in [-0.39, 0.29) is 0 Å². The van der Waals surface area contributed by atoms with Crippen molar-refractivity contribution in [3.63, 3.8) is 0 Å². The Hall–Kier alpha value is -1.88. The van der Waals surface area contributed by atoms with Gasteiger partial charge in [-0.1, -0.05) is 6.07 Å². The number of likely N-dealkylation sites (tertiary alicyclic amines) is 1. The predicted octanol–water partition coefficient (Wildman–Crippen LogP) is 2.39. The number of hydrogen-bond donors (Lipinski definition) is 0. The van der Waals surface area contributed by atoms with Gasteiger partial charge in [0.1, 0.15) is 17.9 Å². The molecule has 3 rings (SSSR count). The Bertz CT molecular complexity index is 622. The molecule has 0 unspecified atom stereocenters. The molecule has 2 heterocycles. The molecule has 0 bridgehead atoms. The molecule has 2 aromatic rings. The molecule has 1 saturated heterocycles. The molecule has 1 aromatic carbocycles. The molecule has 1 aromatic heterocycles. The summed E-state index contributed by atoms with van der Waals surface area (Å²) in [5, 5.41) is 8.53. The quantitative estimate of drug-likeness (QED) is 0.869. The normalized spacial score (nSPS) is 19.7. The van der Waals surface area contributed by atoms with Crippen LogP contribution >= 0.6 is 0 Å². The van der Waals surface area contributed by atoms with Gasteiger partial charge in [-0.25, -0.2) is 0 Å². The summed E-state index contributed by atoms with van der Waals surface area (Å²) in [7, 11) is 3.87. The molecule has 21 heavy (non-hydrogen) atoms. The zero-order chi connectivity index (χ0) is 14.8. The van der Waals surface area contributed by atoms with Gasteiger partial charge in [0.15, 0.2) is 0 Å². The highest BCUT2D eigenvalue weighted by atomic mass is 16.5. The maximum atomic E-state index is 5.50. The standard InChI is InChI=1S/C16H22N4O/c1-12-6-7-15(21-3)14(9-12)20-11-17-18-16(20)13-5-4-8-19(2)10-13/h6-7,9,11,13H,4-5,8,10H2,1-3H3/t13-/m0/s1. The van der Waals surface area contributed by atoms with Gasteiger partial charge in [-0.05, 0) is 51.1 Å². The third-order valence-corrected chi connectivity index (χ3v) is 4.16. The van der Waals surface area contributed by atoms with E-state index >= 15 is 0 Å². The van der Waals surface area contributed by atoms with E-state index in [1.165, 1.54) is 18.5 Å². The summed E-state index contributed by atoms with van der Waals surface area (Å²) < 4.78 is 7.58. The highest BCUT2D eigenvalue weighted by Crippen LogP contribution is 2.30. The summed E-state index contributed by atoms with van der Waals surface area (Å²) in [4.78, 5) is 2.36. The van der Waals surface area contributed by atoms with Gasteiger partial charge < -0.3 is 9.64 Å². The summed E-state index contributed by atoms with van der Waals surface area (Å²) >= 11 is 0. The average molecular weight is 286 g/mol. The Morgan fingerprint density at radius 3 is 2.95 bits per heavy atom. The number of benzene rings is 1. The molecular formula is C16H22N4O. The molecule has 1 aliphatic rings. The molecule has 0 saturated carbocycles. The molecule has 5 heteroatoms. The summed E-state index contributed by atoms with van der Waals surface area (Å²) in [5.41, 5.74) is 2.22. The number of nitrogens with zero attached hydrogens (tertiary/aromatic N) is 4. The number of aryl methyl sites for hydroxylation is 1. The Labute approximate surface area is 125 Å². The second kappa shape index (κ2) is 5.85. The number of hydrogen-bond acceptors (Lipinski definition) is 4. The van der Waals surface area contributed by atoms with Gasteiger partial charge in [0.25, 0.3) is 0 Å². The van der Waals surface area contributed by atoms with Crippen LogP contribution in [0, 0.1) is 6.92 Å². The van der Waals surface area contributed by atoms with Crippen LogP contribution in [-0.4, -0.2) is 46.9 Å². The van der Waals surface area contributed by atoms with Gasteiger partial charge in [0, 0.05) is 12.5 Å². The number of piperidine rings is 1. The Balaban J connectivity index is 2.01. The van der Waals surface area contributed by atoms with Crippen LogP contribution < -0.4 is 4.74 Å². The molecule has 0 spiro atoms. The first-order valence-electron chi connectivity index (χ1n) is 7.42. The van der Waals surface area contributed by atoms with Crippen molar-refractivity contribution >= 4 is 0 Å². The van der Waals surface area contributed by atoms with E-state index < -0.39 is 0 Å². The third kappa shape index (κ3) is 2.78. The minimum Gasteiger partial charge on any atom is -0.495 e. The molecule has 0 radical (unpaired) electrons. The van der Waals surface area contributed by atoms with Crippen LogP contribution in [0.3, 0.4) is 0 Å². The Morgan fingerprint density at radius 1 is 1.33 bits per heavy atom. The van der Waals surface area contributed by atoms with Crippen molar-refractivity contribution in [2.75, 3.05) is 27.2 Å². The van der Waals surface area contributed by atoms with Gasteiger partial charge in [-0.15, -0.1) is 10.2 Å². The molecule has 112 valence electrons. The predicted molar refractivity (Wildman–Crippen MR) is 82.1 cm³/mol. The third-order valence-electron chi connectivity index (χ3n) is 4.16. The van der Waals surface area contributed by atoms with E-state index in [2.05, 4.69) is 45.8 Å². The van der Waals surface area contributed by atoms with Crippen LogP contribution in [0.25, 0.3) is 5.69 Å². The number of methoxy groups -OCH3 is 1. The molecular weight excluding hydrogens is 264 g/mol. The molecule has 0 amide bonds. The minimum absolute atomic E-state index is 0.427. The summed E-state index contributed by atoms with van der Waals surface area (Å²) in [5.74, 6) is 2.31. The van der Waals surface area contributed by atoms with Crippen molar-refractivity contribution in [1.29, 1.82) is 0 Å². The van der Waals surface area contributed by atoms with Crippen molar-refractivity contribution < 1.29 is 4.74 Å². The number of ether oxygens (including phenoxy) is 1. The number of likely N-dealkylation sites (N-methyl/N-ethyl adjacent to an activating group) is 1. The van der Waals surface area contributed by atoms with Crippen molar-refractivity contribution in [3.05, 3.63) is 35.9 Å². The molecule has 1 atom stereocenters. The van der Waals surface area contributed by atoms with E-state index in [0.29, 0.717) is 5.92 Å². The van der Waals surface area contributed by atoms with Crippen LogP contribution in [0.4, 0.5) is 0 Å². The fourth-order valence-electron chi connectivity index (χ4n) is 3.07. The van der Waals surface area contributed by atoms with E-state index in [0.717, 1.165) is 30.2 Å². The Kier molecular flexibility index (Phi) is 3.92. The van der Waals surface area contributed by atoms with Gasteiger partial charge in [0.2, 0.25) is 0 Å². The van der Waals surface area contributed by atoms with E-state index in [4.69, 9.17) is 4.74 Å². The van der Waals surface area contributed by atoms with Crippen LogP contribution in [-0.2, 0) is 0 Å². The minimum atomic E-state index is 0.427. The number of rotatable bonds is 3. The van der Waals surface area contributed by atoms with Crippen LogP contribution in [0.5, 0.6) is 5.75 Å². The van der Waals surface area contributed by atoms with Crippen molar-refractivity contribution in [1.82, 2.24) is 19.7 Å². The zero-order valence-corrected chi connectivity index (χ0v) is 12.9. The smallest absolute Gasteiger partial charge is 0.142 e. The lowest BCUT2D eigenvalue weighted by Gasteiger charge is -2.29. The lowest BCUT2D eigenvalue weighted by molar-refractivity contribution is 0.244. The second-order valence-corrected chi connectivity index (χ2v) is 5.84. The summed E-state index contributed by atoms with van der Waals surface area (Å²) in [6, 6.07) is 6.18. The van der Waals surface area contributed by atoms with Crippen LogP contribution in [0.2, 0.25) is 0 Å². The maximum Gasteiger partial charge on any atom is 0.142 e. The fourth-order valence-corrected chi connectivity index (χ4v) is 3.07. The molecule has 1 fully saturated rings. The fraction of sp³-hybridized carbons (Fsp3) is 0.500. The summed E-state index contributed by atoms with van der Waals surface area (Å²) in [6.07, 6.45) is 4.16. The van der Waals surface area contributed by atoms with Gasteiger partial charge in [-0.3, -0.25) is 4.57 Å². The van der Waals surface area contributed by atoms with Crippen LogP contribution in [0.1, 0.15) is 30.1 Å². The topological polar surface area (TPSA) is 43.2 Å². The van der Waals surface area contributed by atoms with E-state index in [1.54, 1.807) is 13.4 Å². The monoisotopic (exact) mass is 286 g/mol. The second-order valence-electron chi connectivity index (χ2n) is 5.84. The molecule has 0 N–H and O–H groups in total. The first-order valence-corrected chi connectivity index (χ1v) is 7.42. The highest BCUT2D eigenvalue weighted by Gasteiger charge is 2.24. The Morgan fingerprint density at radius 2 is 2.19 bits per heavy atom. The van der Waals surface area contributed by atoms with E-state index in [1.807, 2.05) is 6.07 Å². The van der Waals surface area contributed by atoms with Gasteiger partial charge in [-0.2, -0.15) is 0 Å². The molecule has 1 aliphatic heterocycles. The van der Waals surface area contributed by atoms with Crippen molar-refractivity contribution in [3.8, 4) is 11.4 Å². The highest BCUT2D eigenvalue weighted by molar-refractivity contribution is 5.49. The van der Waals surface area contributed by atoms with E-state index in [9.17, 15) is 0 Å². The maximum absolute atomic E-state index is 5.50. The lowest BCUT2D eigenvalue weighted by Crippen LogP contribution is -2.32. The zero-order valence-electron chi connectivity index (χ0n) is 12.9. The van der Waals surface area contributed by atoms with Gasteiger partial charge in [0.05, 0.1) is 12.8 Å². The lowest BCUT2D eigenvalue weighted by atomic mass is 9.97. The SMILES string of the molecule is COc1ccc(C)cc1-n1cnnc1[C@H]1CCCN(C)C1. The molecule has 0 aliphatic carbocycles. The average Bonchev–Trinajstić information content (AvgIpc) is 2.96. The van der Waals surface area contributed by atoms with Crippen LogP contribution in [0.15, 0.2) is 24.5 Å². The van der Waals surface area contributed by atoms with Crippen molar-refractivity contribution in [2.45, 2.75) is 25.7 Å². The summed E-state index contributed by atoms with van der Waals surface area (Å²) in [6.45, 7) is 4.28.